The summed E-state index contributed by atoms with van der Waals surface area (Å²) < 4.78 is 5.35. The molecule has 0 aromatic rings. The van der Waals surface area contributed by atoms with E-state index in [2.05, 4.69) is 16.0 Å². The highest BCUT2D eigenvalue weighted by Gasteiger charge is 2.29. The summed E-state index contributed by atoms with van der Waals surface area (Å²) >= 11 is 0. The van der Waals surface area contributed by atoms with Crippen molar-refractivity contribution in [2.45, 2.75) is 51.3 Å². The first-order valence-electron chi connectivity index (χ1n) is 6.46. The van der Waals surface area contributed by atoms with Crippen molar-refractivity contribution in [2.75, 3.05) is 13.7 Å². The second kappa shape index (κ2) is 7.33. The minimum absolute atomic E-state index is 0.157. The molecule has 3 amide bonds. The van der Waals surface area contributed by atoms with Crippen molar-refractivity contribution in [1.29, 1.82) is 0 Å². The van der Waals surface area contributed by atoms with Crippen LogP contribution in [0.4, 0.5) is 4.79 Å². The fourth-order valence-corrected chi connectivity index (χ4v) is 2.22. The van der Waals surface area contributed by atoms with Crippen molar-refractivity contribution in [1.82, 2.24) is 16.0 Å². The molecule has 1 rings (SSSR count). The van der Waals surface area contributed by atoms with Crippen molar-refractivity contribution in [3.63, 3.8) is 0 Å². The Morgan fingerprint density at radius 2 is 2.11 bits per heavy atom. The molecule has 3 unspecified atom stereocenters. The number of nitrogens with one attached hydrogen (secondary N) is 3. The van der Waals surface area contributed by atoms with E-state index in [4.69, 9.17) is 4.74 Å². The molecule has 0 heterocycles. The first-order chi connectivity index (χ1) is 8.58. The second-order valence-electron chi connectivity index (χ2n) is 4.55. The third-order valence-electron chi connectivity index (χ3n) is 3.19. The lowest BCUT2D eigenvalue weighted by Crippen LogP contribution is -2.52. The minimum atomic E-state index is -0.453. The first-order valence-corrected chi connectivity index (χ1v) is 6.46. The van der Waals surface area contributed by atoms with Crippen LogP contribution in [0.2, 0.25) is 0 Å². The van der Waals surface area contributed by atoms with Crippen LogP contribution >= 0.6 is 0 Å². The summed E-state index contributed by atoms with van der Waals surface area (Å²) in [6.45, 7) is 4.04. The smallest absolute Gasteiger partial charge is 0.321 e. The Morgan fingerprint density at radius 3 is 2.72 bits per heavy atom. The molecular formula is C12H23N3O3. The van der Waals surface area contributed by atoms with Crippen LogP contribution in [0, 0.1) is 0 Å². The van der Waals surface area contributed by atoms with Crippen LogP contribution in [-0.4, -0.2) is 43.8 Å². The second-order valence-corrected chi connectivity index (χ2v) is 4.55. The molecule has 3 N–H and O–H groups in total. The Labute approximate surface area is 108 Å². The van der Waals surface area contributed by atoms with Gasteiger partial charge in [-0.3, -0.25) is 10.1 Å². The monoisotopic (exact) mass is 257 g/mol. The zero-order valence-electron chi connectivity index (χ0n) is 11.3. The van der Waals surface area contributed by atoms with E-state index in [9.17, 15) is 9.59 Å². The van der Waals surface area contributed by atoms with Crippen LogP contribution < -0.4 is 16.0 Å². The average molecular weight is 257 g/mol. The zero-order valence-corrected chi connectivity index (χ0v) is 11.3. The van der Waals surface area contributed by atoms with Crippen LogP contribution in [0.25, 0.3) is 0 Å². The number of hydrogen-bond donors (Lipinski definition) is 3. The molecule has 1 aliphatic carbocycles. The fourth-order valence-electron chi connectivity index (χ4n) is 2.22. The van der Waals surface area contributed by atoms with Gasteiger partial charge in [-0.05, 0) is 33.1 Å². The van der Waals surface area contributed by atoms with Crippen LogP contribution in [0.1, 0.15) is 33.1 Å². The summed E-state index contributed by atoms with van der Waals surface area (Å²) in [7, 11) is 1.68. The molecule has 104 valence electrons. The summed E-state index contributed by atoms with van der Waals surface area (Å²) in [4.78, 5) is 23.0. The molecule has 0 radical (unpaired) electrons. The lowest BCUT2D eigenvalue weighted by atomic mass is 10.2. The third-order valence-corrected chi connectivity index (χ3v) is 3.19. The summed E-state index contributed by atoms with van der Waals surface area (Å²) in [6, 6.07) is -0.677. The number of ether oxygens (including phenoxy) is 1. The van der Waals surface area contributed by atoms with Gasteiger partial charge < -0.3 is 15.4 Å². The van der Waals surface area contributed by atoms with Crippen molar-refractivity contribution < 1.29 is 14.3 Å². The molecule has 0 aliphatic heterocycles. The van der Waals surface area contributed by atoms with Gasteiger partial charge in [0.05, 0.1) is 12.1 Å². The number of carbonyl (C=O) groups is 2. The molecule has 18 heavy (non-hydrogen) atoms. The van der Waals surface area contributed by atoms with Gasteiger partial charge in [0.15, 0.2) is 0 Å². The van der Waals surface area contributed by atoms with Crippen molar-refractivity contribution in [2.24, 2.45) is 0 Å². The van der Waals surface area contributed by atoms with E-state index in [-0.39, 0.29) is 18.1 Å². The maximum Gasteiger partial charge on any atom is 0.321 e. The van der Waals surface area contributed by atoms with Gasteiger partial charge in [0.25, 0.3) is 0 Å². The molecule has 0 spiro atoms. The van der Waals surface area contributed by atoms with Crippen LogP contribution in [-0.2, 0) is 9.53 Å². The van der Waals surface area contributed by atoms with Crippen molar-refractivity contribution in [3.05, 3.63) is 0 Å². The van der Waals surface area contributed by atoms with Crippen molar-refractivity contribution in [3.8, 4) is 0 Å². The quantitative estimate of drug-likeness (QED) is 0.665. The summed E-state index contributed by atoms with van der Waals surface area (Å²) in [6.07, 6.45) is 3.27. The molecule has 3 atom stereocenters. The summed E-state index contributed by atoms with van der Waals surface area (Å²) in [5.74, 6) is -0.317. The predicted octanol–water partition coefficient (Wildman–Crippen LogP) is 0.378. The van der Waals surface area contributed by atoms with Gasteiger partial charge in [-0.25, -0.2) is 4.79 Å². The largest absolute Gasteiger partial charge is 0.380 e. The number of rotatable bonds is 5. The number of hydrogen-bond acceptors (Lipinski definition) is 4. The molecule has 1 saturated carbocycles. The van der Waals surface area contributed by atoms with Gasteiger partial charge in [0, 0.05) is 19.7 Å². The lowest BCUT2D eigenvalue weighted by Gasteiger charge is -2.23. The first kappa shape index (κ1) is 14.9. The molecule has 0 saturated heterocycles. The van der Waals surface area contributed by atoms with E-state index in [1.807, 2.05) is 0 Å². The third kappa shape index (κ3) is 4.27. The van der Waals surface area contributed by atoms with E-state index in [0.29, 0.717) is 6.54 Å². The topological polar surface area (TPSA) is 79.5 Å². The van der Waals surface area contributed by atoms with E-state index >= 15 is 0 Å². The number of urea groups is 1. The maximum atomic E-state index is 11.7. The normalized spacial score (nSPS) is 24.6. The number of carbonyl (C=O) groups excluding carboxylic acids is 2. The van der Waals surface area contributed by atoms with E-state index in [1.54, 1.807) is 21.0 Å². The molecule has 0 aromatic carbocycles. The summed E-state index contributed by atoms with van der Waals surface area (Å²) in [5, 5.41) is 8.03. The highest BCUT2D eigenvalue weighted by atomic mass is 16.5. The van der Waals surface area contributed by atoms with Gasteiger partial charge in [-0.15, -0.1) is 0 Å². The highest BCUT2D eigenvalue weighted by Crippen LogP contribution is 2.21. The Hall–Kier alpha value is -1.14. The fraction of sp³-hybridized carbons (Fsp3) is 0.833. The van der Waals surface area contributed by atoms with E-state index in [1.165, 1.54) is 0 Å². The highest BCUT2D eigenvalue weighted by molar-refractivity contribution is 5.96. The Morgan fingerprint density at radius 1 is 1.39 bits per heavy atom. The molecule has 0 aromatic heterocycles. The van der Waals surface area contributed by atoms with Crippen LogP contribution in [0.15, 0.2) is 0 Å². The van der Waals surface area contributed by atoms with Gasteiger partial charge in [-0.1, -0.05) is 0 Å². The van der Waals surface area contributed by atoms with Crippen LogP contribution in [0.5, 0.6) is 0 Å². The number of amides is 3. The Balaban J connectivity index is 2.37. The number of imide groups is 1. The van der Waals surface area contributed by atoms with E-state index in [0.717, 1.165) is 19.3 Å². The molecule has 6 heteroatoms. The Bertz CT molecular complexity index is 296. The van der Waals surface area contributed by atoms with Gasteiger partial charge >= 0.3 is 6.03 Å². The molecule has 6 nitrogen and oxygen atoms in total. The van der Waals surface area contributed by atoms with Gasteiger partial charge in [0.1, 0.15) is 0 Å². The Kier molecular flexibility index (Phi) is 6.07. The standard InChI is InChI=1S/C12H23N3O3/c1-4-13-12(17)15-11(16)8(2)14-9-6-5-7-10(9)18-3/h8-10,14H,4-7H2,1-3H3,(H2,13,15,16,17). The SMILES string of the molecule is CCNC(=O)NC(=O)C(C)NC1CCCC1OC. The number of methoxy groups -OCH3 is 1. The summed E-state index contributed by atoms with van der Waals surface area (Å²) in [5.41, 5.74) is 0. The van der Waals surface area contributed by atoms with Crippen molar-refractivity contribution >= 4 is 11.9 Å². The van der Waals surface area contributed by atoms with Crippen LogP contribution in [0.3, 0.4) is 0 Å². The zero-order chi connectivity index (χ0) is 13.5. The van der Waals surface area contributed by atoms with E-state index < -0.39 is 12.1 Å². The van der Waals surface area contributed by atoms with Gasteiger partial charge in [-0.2, -0.15) is 0 Å². The predicted molar refractivity (Wildman–Crippen MR) is 68.2 cm³/mol. The molecule has 0 bridgehead atoms. The molecule has 1 fully saturated rings. The lowest BCUT2D eigenvalue weighted by molar-refractivity contribution is -0.122. The molecule has 1 aliphatic rings. The molecular weight excluding hydrogens is 234 g/mol. The maximum absolute atomic E-state index is 11.7. The average Bonchev–Trinajstić information content (AvgIpc) is 2.76. The minimum Gasteiger partial charge on any atom is -0.380 e. The van der Waals surface area contributed by atoms with Gasteiger partial charge in [0.2, 0.25) is 5.91 Å².